The molecule has 1 aromatic rings. The first kappa shape index (κ1) is 15.0. The van der Waals surface area contributed by atoms with Gasteiger partial charge in [-0.1, -0.05) is 20.8 Å². The summed E-state index contributed by atoms with van der Waals surface area (Å²) in [5.74, 6) is -0.0625. The molecule has 0 aromatic heterocycles. The fourth-order valence-electron chi connectivity index (χ4n) is 1.01. The van der Waals surface area contributed by atoms with Gasteiger partial charge < -0.3 is 11.1 Å². The van der Waals surface area contributed by atoms with E-state index in [1.165, 1.54) is 0 Å². The number of carbonyl (C=O) groups excluding carboxylic acids is 1. The average Bonchev–Trinajstić information content (AvgIpc) is 2.32. The smallest absolute Gasteiger partial charge is 0.251 e. The number of amides is 1. The van der Waals surface area contributed by atoms with Crippen LogP contribution in [0.2, 0.25) is 0 Å². The molecule has 16 heavy (non-hydrogen) atoms. The third-order valence-corrected chi connectivity index (χ3v) is 2.48. The second kappa shape index (κ2) is 8.16. The molecule has 0 saturated carbocycles. The average molecular weight is 287 g/mol. The largest absolute Gasteiger partial charge is 0.398 e. The number of rotatable bonds is 3. The summed E-state index contributed by atoms with van der Waals surface area (Å²) in [7, 11) is 0. The van der Waals surface area contributed by atoms with E-state index in [0.29, 0.717) is 17.8 Å². The summed E-state index contributed by atoms with van der Waals surface area (Å²) < 4.78 is 0.752. The summed E-state index contributed by atoms with van der Waals surface area (Å²) in [6.07, 6.45) is 0.932. The highest BCUT2D eigenvalue weighted by atomic mass is 79.9. The first-order valence-electron chi connectivity index (χ1n) is 5.48. The van der Waals surface area contributed by atoms with Crippen LogP contribution in [-0.4, -0.2) is 12.5 Å². The van der Waals surface area contributed by atoms with Gasteiger partial charge in [-0.3, -0.25) is 4.79 Å². The summed E-state index contributed by atoms with van der Waals surface area (Å²) in [6, 6.07) is 5.15. The zero-order chi connectivity index (χ0) is 12.6. The van der Waals surface area contributed by atoms with Gasteiger partial charge in [0.2, 0.25) is 0 Å². The van der Waals surface area contributed by atoms with Crippen LogP contribution in [0.1, 0.15) is 37.6 Å². The second-order valence-electron chi connectivity index (χ2n) is 2.99. The van der Waals surface area contributed by atoms with Gasteiger partial charge in [-0.2, -0.15) is 0 Å². The molecule has 0 atom stereocenters. The number of halogens is 1. The lowest BCUT2D eigenvalue weighted by molar-refractivity contribution is 0.0953. The molecule has 1 aromatic carbocycles. The van der Waals surface area contributed by atoms with Crippen molar-refractivity contribution in [3.63, 3.8) is 0 Å². The van der Waals surface area contributed by atoms with Gasteiger partial charge in [0.25, 0.3) is 5.91 Å². The molecular formula is C12H19BrN2O. The predicted octanol–water partition coefficient (Wildman–Crippen LogP) is 3.20. The van der Waals surface area contributed by atoms with Crippen LogP contribution in [0.4, 0.5) is 5.69 Å². The number of hydrogen-bond donors (Lipinski definition) is 2. The van der Waals surface area contributed by atoms with Gasteiger partial charge in [0, 0.05) is 22.3 Å². The normalized spacial score (nSPS) is 9.00. The maximum absolute atomic E-state index is 11.5. The van der Waals surface area contributed by atoms with Gasteiger partial charge in [0.05, 0.1) is 0 Å². The Morgan fingerprint density at radius 2 is 2.06 bits per heavy atom. The first-order chi connectivity index (χ1) is 7.65. The number of carbonyl (C=O) groups is 1. The minimum Gasteiger partial charge on any atom is -0.398 e. The zero-order valence-corrected chi connectivity index (χ0v) is 11.6. The highest BCUT2D eigenvalue weighted by molar-refractivity contribution is 9.10. The number of nitrogens with one attached hydrogen (secondary N) is 1. The Kier molecular flexibility index (Phi) is 7.64. The molecule has 1 amide bonds. The molecule has 0 fully saturated rings. The van der Waals surface area contributed by atoms with Crippen molar-refractivity contribution in [1.82, 2.24) is 5.32 Å². The Balaban J connectivity index is 0.00000106. The van der Waals surface area contributed by atoms with Gasteiger partial charge in [-0.15, -0.1) is 0 Å². The third kappa shape index (κ3) is 4.66. The Labute approximate surface area is 106 Å². The minimum absolute atomic E-state index is 0.0625. The van der Waals surface area contributed by atoms with Crippen molar-refractivity contribution in [3.05, 3.63) is 28.2 Å². The van der Waals surface area contributed by atoms with E-state index in [9.17, 15) is 4.79 Å². The topological polar surface area (TPSA) is 55.1 Å². The highest BCUT2D eigenvalue weighted by Crippen LogP contribution is 2.20. The lowest BCUT2D eigenvalue weighted by atomic mass is 10.2. The van der Waals surface area contributed by atoms with E-state index >= 15 is 0 Å². The molecule has 0 aliphatic heterocycles. The van der Waals surface area contributed by atoms with Crippen LogP contribution in [0, 0.1) is 0 Å². The monoisotopic (exact) mass is 286 g/mol. The Bertz CT molecular complexity index is 340. The van der Waals surface area contributed by atoms with Crippen LogP contribution in [0.25, 0.3) is 0 Å². The molecule has 3 N–H and O–H groups in total. The van der Waals surface area contributed by atoms with Crippen molar-refractivity contribution in [1.29, 1.82) is 0 Å². The Morgan fingerprint density at radius 1 is 1.44 bits per heavy atom. The summed E-state index contributed by atoms with van der Waals surface area (Å²) in [5, 5.41) is 2.79. The minimum atomic E-state index is -0.0625. The van der Waals surface area contributed by atoms with Crippen molar-refractivity contribution in [2.75, 3.05) is 12.3 Å². The van der Waals surface area contributed by atoms with Gasteiger partial charge in [-0.25, -0.2) is 0 Å². The molecule has 3 nitrogen and oxygen atoms in total. The van der Waals surface area contributed by atoms with Crippen LogP contribution in [0.5, 0.6) is 0 Å². The number of benzene rings is 1. The van der Waals surface area contributed by atoms with Gasteiger partial charge in [-0.05, 0) is 40.5 Å². The molecule has 0 unspecified atom stereocenters. The molecule has 0 bridgehead atoms. The van der Waals surface area contributed by atoms with Crippen molar-refractivity contribution >= 4 is 27.5 Å². The summed E-state index contributed by atoms with van der Waals surface area (Å²) in [6.45, 7) is 6.71. The number of nitrogens with two attached hydrogens (primary N) is 1. The second-order valence-corrected chi connectivity index (χ2v) is 3.85. The number of nitrogen functional groups attached to an aromatic ring is 1. The van der Waals surface area contributed by atoms with Gasteiger partial charge in [0.15, 0.2) is 0 Å². The van der Waals surface area contributed by atoms with Crippen molar-refractivity contribution in [3.8, 4) is 0 Å². The molecular weight excluding hydrogens is 268 g/mol. The van der Waals surface area contributed by atoms with E-state index in [2.05, 4.69) is 21.2 Å². The first-order valence-corrected chi connectivity index (χ1v) is 6.27. The fourth-order valence-corrected chi connectivity index (χ4v) is 1.39. The van der Waals surface area contributed by atoms with Crippen molar-refractivity contribution in [2.24, 2.45) is 0 Å². The van der Waals surface area contributed by atoms with Crippen molar-refractivity contribution in [2.45, 2.75) is 27.2 Å². The molecule has 0 heterocycles. The molecule has 0 aliphatic carbocycles. The van der Waals surface area contributed by atoms with E-state index in [1.54, 1.807) is 18.2 Å². The molecule has 0 spiro atoms. The maximum Gasteiger partial charge on any atom is 0.251 e. The third-order valence-electron chi connectivity index (χ3n) is 1.80. The van der Waals surface area contributed by atoms with Crippen LogP contribution >= 0.6 is 15.9 Å². The molecule has 0 radical (unpaired) electrons. The van der Waals surface area contributed by atoms with E-state index in [1.807, 2.05) is 20.8 Å². The number of anilines is 1. The van der Waals surface area contributed by atoms with E-state index < -0.39 is 0 Å². The van der Waals surface area contributed by atoms with Crippen LogP contribution in [0.15, 0.2) is 22.7 Å². The van der Waals surface area contributed by atoms with Gasteiger partial charge in [0.1, 0.15) is 0 Å². The standard InChI is InChI=1S/C10H13BrN2O.C2H6/c1-2-5-13-10(14)7-3-4-9(12)8(11)6-7;1-2/h3-4,6H,2,5,12H2,1H3,(H,13,14);1-2H3. The zero-order valence-electron chi connectivity index (χ0n) is 10.0. The molecule has 0 saturated heterocycles. The predicted molar refractivity (Wildman–Crippen MR) is 72.5 cm³/mol. The van der Waals surface area contributed by atoms with E-state index in [4.69, 9.17) is 5.73 Å². The summed E-state index contributed by atoms with van der Waals surface area (Å²) >= 11 is 3.28. The SMILES string of the molecule is CC.CCCNC(=O)c1ccc(N)c(Br)c1. The quantitative estimate of drug-likeness (QED) is 0.839. The van der Waals surface area contributed by atoms with Crippen LogP contribution in [-0.2, 0) is 0 Å². The van der Waals surface area contributed by atoms with Gasteiger partial charge >= 0.3 is 0 Å². The Hall–Kier alpha value is -1.03. The van der Waals surface area contributed by atoms with E-state index in [0.717, 1.165) is 10.9 Å². The maximum atomic E-state index is 11.5. The molecule has 1 rings (SSSR count). The van der Waals surface area contributed by atoms with E-state index in [-0.39, 0.29) is 5.91 Å². The molecule has 90 valence electrons. The van der Waals surface area contributed by atoms with Crippen molar-refractivity contribution < 1.29 is 4.79 Å². The fraction of sp³-hybridized carbons (Fsp3) is 0.417. The van der Waals surface area contributed by atoms with Crippen LogP contribution in [0.3, 0.4) is 0 Å². The highest BCUT2D eigenvalue weighted by Gasteiger charge is 2.05. The summed E-state index contributed by atoms with van der Waals surface area (Å²) in [5.41, 5.74) is 6.87. The summed E-state index contributed by atoms with van der Waals surface area (Å²) in [4.78, 5) is 11.5. The lowest BCUT2D eigenvalue weighted by Gasteiger charge is -2.04. The molecule has 0 aliphatic rings. The lowest BCUT2D eigenvalue weighted by Crippen LogP contribution is -2.23. The molecule has 4 heteroatoms. The Morgan fingerprint density at radius 3 is 2.56 bits per heavy atom. The number of hydrogen-bond acceptors (Lipinski definition) is 2. The van der Waals surface area contributed by atoms with Crippen LogP contribution < -0.4 is 11.1 Å².